The van der Waals surface area contributed by atoms with E-state index in [4.69, 9.17) is 10.00 Å². The van der Waals surface area contributed by atoms with E-state index >= 15 is 0 Å². The van der Waals surface area contributed by atoms with Crippen LogP contribution in [0.25, 0.3) is 0 Å². The van der Waals surface area contributed by atoms with Gasteiger partial charge in [-0.3, -0.25) is 14.5 Å². The molecule has 1 atom stereocenters. The lowest BCUT2D eigenvalue weighted by Crippen LogP contribution is -2.45. The number of carbonyl (C=O) groups excluding carboxylic acids is 2. The van der Waals surface area contributed by atoms with Gasteiger partial charge >= 0.3 is 0 Å². The second-order valence-corrected chi connectivity index (χ2v) is 6.20. The van der Waals surface area contributed by atoms with Crippen LogP contribution in [0.4, 0.5) is 11.4 Å². The van der Waals surface area contributed by atoms with Gasteiger partial charge in [-0.05, 0) is 55.9 Å². The summed E-state index contributed by atoms with van der Waals surface area (Å²) < 4.78 is 5.09. The van der Waals surface area contributed by atoms with E-state index in [1.54, 1.807) is 67.5 Å². The average molecular weight is 380 g/mol. The highest BCUT2D eigenvalue weighted by molar-refractivity contribution is 5.96. The monoisotopic (exact) mass is 380 g/mol. The number of methoxy groups -OCH3 is 1. The molecule has 0 unspecified atom stereocenters. The average Bonchev–Trinajstić information content (AvgIpc) is 2.72. The summed E-state index contributed by atoms with van der Waals surface area (Å²) in [6.45, 7) is 4.24. The molecule has 0 radical (unpaired) electrons. The van der Waals surface area contributed by atoms with Crippen molar-refractivity contribution in [3.8, 4) is 11.8 Å². The predicted molar refractivity (Wildman–Crippen MR) is 108 cm³/mol. The second kappa shape index (κ2) is 10.1. The summed E-state index contributed by atoms with van der Waals surface area (Å²) in [5.74, 6) is 0.256. The van der Waals surface area contributed by atoms with E-state index in [1.165, 1.54) is 0 Å². The normalized spacial score (nSPS) is 11.4. The van der Waals surface area contributed by atoms with E-state index in [-0.39, 0.29) is 18.4 Å². The summed E-state index contributed by atoms with van der Waals surface area (Å²) in [4.78, 5) is 26.7. The van der Waals surface area contributed by atoms with Gasteiger partial charge in [0.1, 0.15) is 5.75 Å². The van der Waals surface area contributed by atoms with Gasteiger partial charge in [-0.1, -0.05) is 13.0 Å². The zero-order valence-electron chi connectivity index (χ0n) is 16.2. The number of nitrogens with zero attached hydrogens (tertiary/aromatic N) is 2. The zero-order chi connectivity index (χ0) is 20.5. The molecule has 0 spiro atoms. The van der Waals surface area contributed by atoms with Crippen LogP contribution >= 0.6 is 0 Å². The molecule has 0 saturated carbocycles. The molecule has 2 amide bonds. The lowest BCUT2D eigenvalue weighted by Gasteiger charge is -2.26. The van der Waals surface area contributed by atoms with E-state index in [2.05, 4.69) is 10.6 Å². The van der Waals surface area contributed by atoms with Gasteiger partial charge in [-0.25, -0.2) is 0 Å². The minimum atomic E-state index is -0.516. The highest BCUT2D eigenvalue weighted by Gasteiger charge is 2.22. The molecule has 7 nitrogen and oxygen atoms in total. The molecule has 7 heteroatoms. The van der Waals surface area contributed by atoms with E-state index in [0.717, 1.165) is 0 Å². The van der Waals surface area contributed by atoms with Crippen molar-refractivity contribution >= 4 is 23.2 Å². The quantitative estimate of drug-likeness (QED) is 0.734. The molecule has 0 heterocycles. The third-order valence-corrected chi connectivity index (χ3v) is 4.31. The number of rotatable bonds is 8. The smallest absolute Gasteiger partial charge is 0.241 e. The Labute approximate surface area is 164 Å². The summed E-state index contributed by atoms with van der Waals surface area (Å²) in [5.41, 5.74) is 1.68. The van der Waals surface area contributed by atoms with Gasteiger partial charge < -0.3 is 15.4 Å². The summed E-state index contributed by atoms with van der Waals surface area (Å²) in [5, 5.41) is 14.6. The molecule has 2 aromatic rings. The van der Waals surface area contributed by atoms with Crippen LogP contribution in [0.15, 0.2) is 48.5 Å². The van der Waals surface area contributed by atoms with E-state index in [1.807, 2.05) is 13.0 Å². The van der Waals surface area contributed by atoms with E-state index in [9.17, 15) is 9.59 Å². The molecule has 0 aliphatic rings. The molecule has 0 bridgehead atoms. The van der Waals surface area contributed by atoms with Crippen LogP contribution in [0.5, 0.6) is 5.75 Å². The molecule has 0 saturated heterocycles. The molecule has 2 N–H and O–H groups in total. The first-order valence-electron chi connectivity index (χ1n) is 8.95. The Kier molecular flexibility index (Phi) is 7.55. The summed E-state index contributed by atoms with van der Waals surface area (Å²) in [7, 11) is 1.58. The zero-order valence-corrected chi connectivity index (χ0v) is 16.2. The fourth-order valence-corrected chi connectivity index (χ4v) is 2.66. The maximum atomic E-state index is 12.5. The summed E-state index contributed by atoms with van der Waals surface area (Å²) in [6, 6.07) is 15.3. The molecule has 0 fully saturated rings. The Hall–Kier alpha value is -3.37. The fourth-order valence-electron chi connectivity index (χ4n) is 2.66. The van der Waals surface area contributed by atoms with Crippen LogP contribution in [-0.4, -0.2) is 43.0 Å². The minimum Gasteiger partial charge on any atom is -0.497 e. The van der Waals surface area contributed by atoms with Gasteiger partial charge in [0.2, 0.25) is 11.8 Å². The molecule has 2 rings (SSSR count). The highest BCUT2D eigenvalue weighted by atomic mass is 16.5. The van der Waals surface area contributed by atoms with Gasteiger partial charge in [-0.15, -0.1) is 0 Å². The number of anilines is 2. The van der Waals surface area contributed by atoms with Crippen molar-refractivity contribution in [1.82, 2.24) is 4.90 Å². The molecule has 0 aliphatic carbocycles. The first-order valence-corrected chi connectivity index (χ1v) is 8.95. The number of ether oxygens (including phenoxy) is 1. The van der Waals surface area contributed by atoms with Crippen molar-refractivity contribution in [2.45, 2.75) is 19.9 Å². The Balaban J connectivity index is 1.95. The molecule has 146 valence electrons. The predicted octanol–water partition coefficient (Wildman–Crippen LogP) is 2.85. The number of likely N-dealkylation sites (N-methyl/N-ethyl adjacent to an activating group) is 1. The molecule has 28 heavy (non-hydrogen) atoms. The number of hydrogen-bond acceptors (Lipinski definition) is 5. The number of amides is 2. The standard InChI is InChI=1S/C21H24N4O3/c1-4-25(14-20(26)23-17-8-10-19(28-3)11-9-17)15(2)21(27)24-18-7-5-6-16(12-18)13-22/h5-12,15H,4,14H2,1-3H3,(H,23,26)(H,24,27)/t15-/m1/s1. The fraction of sp³-hybridized carbons (Fsp3) is 0.286. The van der Waals surface area contributed by atoms with Crippen molar-refractivity contribution in [3.63, 3.8) is 0 Å². The van der Waals surface area contributed by atoms with Gasteiger partial charge in [0, 0.05) is 11.4 Å². The van der Waals surface area contributed by atoms with Crippen molar-refractivity contribution in [3.05, 3.63) is 54.1 Å². The molecular weight excluding hydrogens is 356 g/mol. The summed E-state index contributed by atoms with van der Waals surface area (Å²) >= 11 is 0. The third-order valence-electron chi connectivity index (χ3n) is 4.31. The Morgan fingerprint density at radius 3 is 2.46 bits per heavy atom. The molecular formula is C21H24N4O3. The minimum absolute atomic E-state index is 0.0787. The van der Waals surface area contributed by atoms with Crippen LogP contribution in [0.3, 0.4) is 0 Å². The third kappa shape index (κ3) is 5.83. The largest absolute Gasteiger partial charge is 0.497 e. The lowest BCUT2D eigenvalue weighted by atomic mass is 10.2. The topological polar surface area (TPSA) is 94.5 Å². The maximum Gasteiger partial charge on any atom is 0.241 e. The number of nitrogens with one attached hydrogen (secondary N) is 2. The van der Waals surface area contributed by atoms with Crippen LogP contribution in [0.1, 0.15) is 19.4 Å². The van der Waals surface area contributed by atoms with Crippen molar-refractivity contribution in [1.29, 1.82) is 5.26 Å². The number of carbonyl (C=O) groups is 2. The van der Waals surface area contributed by atoms with E-state index in [0.29, 0.717) is 29.2 Å². The molecule has 2 aromatic carbocycles. The van der Waals surface area contributed by atoms with Crippen LogP contribution in [-0.2, 0) is 9.59 Å². The van der Waals surface area contributed by atoms with Crippen LogP contribution in [0.2, 0.25) is 0 Å². The second-order valence-electron chi connectivity index (χ2n) is 6.20. The van der Waals surface area contributed by atoms with Crippen LogP contribution in [0, 0.1) is 11.3 Å². The first-order chi connectivity index (χ1) is 13.5. The number of hydrogen-bond donors (Lipinski definition) is 2. The SMILES string of the molecule is CCN(CC(=O)Nc1ccc(OC)cc1)[C@H](C)C(=O)Nc1cccc(C#N)c1. The van der Waals surface area contributed by atoms with Crippen molar-refractivity contribution in [2.75, 3.05) is 30.8 Å². The van der Waals surface area contributed by atoms with Gasteiger partial charge in [0.05, 0.1) is 31.3 Å². The van der Waals surface area contributed by atoms with Gasteiger partial charge in [-0.2, -0.15) is 5.26 Å². The Morgan fingerprint density at radius 1 is 1.14 bits per heavy atom. The Bertz CT molecular complexity index is 859. The van der Waals surface area contributed by atoms with Crippen molar-refractivity contribution in [2.24, 2.45) is 0 Å². The number of benzene rings is 2. The summed E-state index contributed by atoms with van der Waals surface area (Å²) in [6.07, 6.45) is 0. The maximum absolute atomic E-state index is 12.5. The van der Waals surface area contributed by atoms with Gasteiger partial charge in [0.25, 0.3) is 0 Å². The molecule has 0 aliphatic heterocycles. The number of nitriles is 1. The highest BCUT2D eigenvalue weighted by Crippen LogP contribution is 2.15. The molecule has 0 aromatic heterocycles. The van der Waals surface area contributed by atoms with Crippen LogP contribution < -0.4 is 15.4 Å². The first kappa shape index (κ1) is 20.9. The Morgan fingerprint density at radius 2 is 1.86 bits per heavy atom. The van der Waals surface area contributed by atoms with Gasteiger partial charge in [0.15, 0.2) is 0 Å². The van der Waals surface area contributed by atoms with Crippen molar-refractivity contribution < 1.29 is 14.3 Å². The van der Waals surface area contributed by atoms with E-state index < -0.39 is 6.04 Å². The lowest BCUT2D eigenvalue weighted by molar-refractivity contribution is -0.123.